The van der Waals surface area contributed by atoms with Gasteiger partial charge in [-0.3, -0.25) is 0 Å². The second kappa shape index (κ2) is 6.66. The van der Waals surface area contributed by atoms with Crippen LogP contribution in [-0.2, 0) is 4.74 Å². The fraction of sp³-hybridized carbons (Fsp3) is 0.571. The van der Waals surface area contributed by atoms with E-state index in [4.69, 9.17) is 4.74 Å². The summed E-state index contributed by atoms with van der Waals surface area (Å²) >= 11 is 0. The SMILES string of the molecule is CCOCCCC(O)c1cc(C)ccc1C. The fourth-order valence-electron chi connectivity index (χ4n) is 1.80. The molecule has 0 bridgehead atoms. The Morgan fingerprint density at radius 1 is 1.31 bits per heavy atom. The molecule has 0 aliphatic carbocycles. The molecule has 1 atom stereocenters. The third-order valence-corrected chi connectivity index (χ3v) is 2.76. The number of aliphatic hydroxyl groups is 1. The highest BCUT2D eigenvalue weighted by Crippen LogP contribution is 2.22. The highest BCUT2D eigenvalue weighted by Gasteiger charge is 2.09. The third-order valence-electron chi connectivity index (χ3n) is 2.76. The van der Waals surface area contributed by atoms with Crippen LogP contribution in [-0.4, -0.2) is 18.3 Å². The van der Waals surface area contributed by atoms with E-state index in [0.29, 0.717) is 0 Å². The maximum atomic E-state index is 10.1. The maximum Gasteiger partial charge on any atom is 0.0793 e. The summed E-state index contributed by atoms with van der Waals surface area (Å²) in [5.74, 6) is 0. The molecule has 0 aliphatic heterocycles. The molecule has 1 N–H and O–H groups in total. The van der Waals surface area contributed by atoms with Crippen molar-refractivity contribution in [1.82, 2.24) is 0 Å². The van der Waals surface area contributed by atoms with Gasteiger partial charge in [0.1, 0.15) is 0 Å². The topological polar surface area (TPSA) is 29.5 Å². The molecule has 2 nitrogen and oxygen atoms in total. The Balaban J connectivity index is 2.51. The molecular formula is C14H22O2. The van der Waals surface area contributed by atoms with Crippen LogP contribution in [0, 0.1) is 13.8 Å². The molecule has 0 heterocycles. The standard InChI is InChI=1S/C14H22O2/c1-4-16-9-5-6-14(15)13-10-11(2)7-8-12(13)3/h7-8,10,14-15H,4-6,9H2,1-3H3. The number of hydrogen-bond acceptors (Lipinski definition) is 2. The Labute approximate surface area is 98.3 Å². The Morgan fingerprint density at radius 2 is 2.06 bits per heavy atom. The van der Waals surface area contributed by atoms with Crippen molar-refractivity contribution in [2.45, 2.75) is 39.7 Å². The minimum Gasteiger partial charge on any atom is -0.388 e. The Kier molecular flexibility index (Phi) is 5.50. The van der Waals surface area contributed by atoms with E-state index in [9.17, 15) is 5.11 Å². The van der Waals surface area contributed by atoms with Crippen molar-refractivity contribution in [3.63, 3.8) is 0 Å². The van der Waals surface area contributed by atoms with Gasteiger partial charge >= 0.3 is 0 Å². The average Bonchev–Trinajstić information content (AvgIpc) is 2.27. The maximum absolute atomic E-state index is 10.1. The summed E-state index contributed by atoms with van der Waals surface area (Å²) in [5, 5.41) is 10.1. The molecule has 2 heteroatoms. The van der Waals surface area contributed by atoms with Gasteiger partial charge in [-0.2, -0.15) is 0 Å². The van der Waals surface area contributed by atoms with Crippen LogP contribution in [0.5, 0.6) is 0 Å². The number of aryl methyl sites for hydroxylation is 2. The number of ether oxygens (including phenoxy) is 1. The van der Waals surface area contributed by atoms with E-state index >= 15 is 0 Å². The normalized spacial score (nSPS) is 12.8. The Hall–Kier alpha value is -0.860. The molecule has 0 saturated heterocycles. The first-order chi connectivity index (χ1) is 7.65. The van der Waals surface area contributed by atoms with Crippen LogP contribution in [0.15, 0.2) is 18.2 Å². The van der Waals surface area contributed by atoms with E-state index in [2.05, 4.69) is 25.1 Å². The zero-order valence-corrected chi connectivity index (χ0v) is 10.5. The van der Waals surface area contributed by atoms with Crippen molar-refractivity contribution >= 4 is 0 Å². The first kappa shape index (κ1) is 13.2. The van der Waals surface area contributed by atoms with E-state index in [0.717, 1.165) is 37.2 Å². The summed E-state index contributed by atoms with van der Waals surface area (Å²) in [6, 6.07) is 6.21. The summed E-state index contributed by atoms with van der Waals surface area (Å²) in [5.41, 5.74) is 3.41. The minimum atomic E-state index is -0.361. The predicted molar refractivity (Wildman–Crippen MR) is 66.6 cm³/mol. The summed E-state index contributed by atoms with van der Waals surface area (Å²) in [7, 11) is 0. The highest BCUT2D eigenvalue weighted by atomic mass is 16.5. The molecule has 1 unspecified atom stereocenters. The molecule has 90 valence electrons. The van der Waals surface area contributed by atoms with Crippen LogP contribution in [0.1, 0.15) is 42.6 Å². The molecule has 0 spiro atoms. The van der Waals surface area contributed by atoms with Crippen LogP contribution < -0.4 is 0 Å². The highest BCUT2D eigenvalue weighted by molar-refractivity contribution is 5.32. The quantitative estimate of drug-likeness (QED) is 0.749. The second-order valence-electron chi connectivity index (χ2n) is 4.21. The van der Waals surface area contributed by atoms with Gasteiger partial charge in [-0.15, -0.1) is 0 Å². The summed E-state index contributed by atoms with van der Waals surface area (Å²) < 4.78 is 5.26. The van der Waals surface area contributed by atoms with Gasteiger partial charge in [-0.1, -0.05) is 23.8 Å². The van der Waals surface area contributed by atoms with Gasteiger partial charge in [-0.05, 0) is 44.7 Å². The lowest BCUT2D eigenvalue weighted by Crippen LogP contribution is -2.03. The minimum absolute atomic E-state index is 0.361. The largest absolute Gasteiger partial charge is 0.388 e. The third kappa shape index (κ3) is 3.95. The molecule has 1 aromatic rings. The first-order valence-corrected chi connectivity index (χ1v) is 5.98. The van der Waals surface area contributed by atoms with Crippen molar-refractivity contribution < 1.29 is 9.84 Å². The number of aliphatic hydroxyl groups excluding tert-OH is 1. The van der Waals surface area contributed by atoms with E-state index in [-0.39, 0.29) is 6.10 Å². The van der Waals surface area contributed by atoms with E-state index in [1.165, 1.54) is 5.56 Å². The van der Waals surface area contributed by atoms with E-state index < -0.39 is 0 Å². The molecule has 0 aliphatic rings. The zero-order chi connectivity index (χ0) is 12.0. The number of benzene rings is 1. The second-order valence-corrected chi connectivity index (χ2v) is 4.21. The molecule has 0 aromatic heterocycles. The molecular weight excluding hydrogens is 200 g/mol. The van der Waals surface area contributed by atoms with E-state index in [1.807, 2.05) is 13.8 Å². The van der Waals surface area contributed by atoms with Crippen LogP contribution in [0.3, 0.4) is 0 Å². The summed E-state index contributed by atoms with van der Waals surface area (Å²) in [6.07, 6.45) is 1.31. The lowest BCUT2D eigenvalue weighted by Gasteiger charge is -2.14. The first-order valence-electron chi connectivity index (χ1n) is 5.98. The van der Waals surface area contributed by atoms with Crippen LogP contribution in [0.4, 0.5) is 0 Å². The van der Waals surface area contributed by atoms with Gasteiger partial charge in [-0.25, -0.2) is 0 Å². The number of rotatable bonds is 6. The molecule has 0 saturated carbocycles. The van der Waals surface area contributed by atoms with Crippen molar-refractivity contribution in [2.75, 3.05) is 13.2 Å². The van der Waals surface area contributed by atoms with Crippen molar-refractivity contribution in [3.05, 3.63) is 34.9 Å². The zero-order valence-electron chi connectivity index (χ0n) is 10.5. The number of hydrogen-bond donors (Lipinski definition) is 1. The lowest BCUT2D eigenvalue weighted by atomic mass is 9.98. The molecule has 0 fully saturated rings. The van der Waals surface area contributed by atoms with Crippen LogP contribution in [0.25, 0.3) is 0 Å². The molecule has 0 radical (unpaired) electrons. The molecule has 1 rings (SSSR count). The van der Waals surface area contributed by atoms with Gasteiger partial charge in [0.25, 0.3) is 0 Å². The van der Waals surface area contributed by atoms with Crippen LogP contribution in [0.2, 0.25) is 0 Å². The summed E-state index contributed by atoms with van der Waals surface area (Å²) in [6.45, 7) is 7.56. The van der Waals surface area contributed by atoms with Gasteiger partial charge in [0.05, 0.1) is 6.10 Å². The molecule has 0 amide bonds. The van der Waals surface area contributed by atoms with Gasteiger partial charge in [0.15, 0.2) is 0 Å². The average molecular weight is 222 g/mol. The van der Waals surface area contributed by atoms with Crippen molar-refractivity contribution in [3.8, 4) is 0 Å². The summed E-state index contributed by atoms with van der Waals surface area (Å²) in [4.78, 5) is 0. The Morgan fingerprint density at radius 3 is 2.75 bits per heavy atom. The monoisotopic (exact) mass is 222 g/mol. The van der Waals surface area contributed by atoms with Gasteiger partial charge < -0.3 is 9.84 Å². The molecule has 1 aromatic carbocycles. The molecule has 16 heavy (non-hydrogen) atoms. The van der Waals surface area contributed by atoms with Gasteiger partial charge in [0, 0.05) is 13.2 Å². The smallest absolute Gasteiger partial charge is 0.0793 e. The predicted octanol–water partition coefficient (Wildman–Crippen LogP) is 3.15. The van der Waals surface area contributed by atoms with E-state index in [1.54, 1.807) is 0 Å². The van der Waals surface area contributed by atoms with Crippen molar-refractivity contribution in [2.24, 2.45) is 0 Å². The van der Waals surface area contributed by atoms with Crippen molar-refractivity contribution in [1.29, 1.82) is 0 Å². The fourth-order valence-corrected chi connectivity index (χ4v) is 1.80. The lowest BCUT2D eigenvalue weighted by molar-refractivity contribution is 0.114. The van der Waals surface area contributed by atoms with Gasteiger partial charge in [0.2, 0.25) is 0 Å². The van der Waals surface area contributed by atoms with Crippen LogP contribution >= 0.6 is 0 Å². The Bertz CT molecular complexity index is 321.